The zero-order valence-corrected chi connectivity index (χ0v) is 15.5. The molecule has 0 unspecified atom stereocenters. The van der Waals surface area contributed by atoms with Crippen LogP contribution in [0.5, 0.6) is 0 Å². The fourth-order valence-electron chi connectivity index (χ4n) is 2.84. The van der Waals surface area contributed by atoms with Crippen LogP contribution in [0.15, 0.2) is 29.2 Å². The SMILES string of the molecule is CSc1ccccc1NC(=O)NC1CCN(C(=O)CC(C)C)CC1. The number of urea groups is 1. The first kappa shape index (κ1) is 18.6. The van der Waals surface area contributed by atoms with Gasteiger partial charge in [-0.05, 0) is 37.1 Å². The van der Waals surface area contributed by atoms with Gasteiger partial charge in [-0.1, -0.05) is 26.0 Å². The number of likely N-dealkylation sites (tertiary alicyclic amines) is 1. The van der Waals surface area contributed by atoms with Gasteiger partial charge in [0.1, 0.15) is 0 Å². The molecule has 0 atom stereocenters. The van der Waals surface area contributed by atoms with Gasteiger partial charge in [0.2, 0.25) is 5.91 Å². The van der Waals surface area contributed by atoms with Crippen LogP contribution in [0, 0.1) is 5.92 Å². The van der Waals surface area contributed by atoms with E-state index in [-0.39, 0.29) is 18.0 Å². The maximum absolute atomic E-state index is 12.2. The molecule has 5 nitrogen and oxygen atoms in total. The van der Waals surface area contributed by atoms with Crippen LogP contribution in [-0.2, 0) is 4.79 Å². The van der Waals surface area contributed by atoms with Crippen LogP contribution in [0.3, 0.4) is 0 Å². The molecule has 1 saturated heterocycles. The summed E-state index contributed by atoms with van der Waals surface area (Å²) in [6.07, 6.45) is 4.20. The van der Waals surface area contributed by atoms with Crippen LogP contribution in [0.1, 0.15) is 33.1 Å². The second kappa shape index (κ2) is 8.97. The highest BCUT2D eigenvalue weighted by molar-refractivity contribution is 7.98. The molecule has 0 saturated carbocycles. The summed E-state index contributed by atoms with van der Waals surface area (Å²) in [6, 6.07) is 7.70. The van der Waals surface area contributed by atoms with E-state index in [1.807, 2.05) is 35.4 Å². The number of hydrogen-bond donors (Lipinski definition) is 2. The first-order valence-corrected chi connectivity index (χ1v) is 9.70. The third-order valence-electron chi connectivity index (χ3n) is 4.12. The topological polar surface area (TPSA) is 61.4 Å². The van der Waals surface area contributed by atoms with E-state index in [1.54, 1.807) is 11.8 Å². The molecule has 0 bridgehead atoms. The summed E-state index contributed by atoms with van der Waals surface area (Å²) in [5.74, 6) is 0.609. The van der Waals surface area contributed by atoms with Gasteiger partial charge in [0.05, 0.1) is 5.69 Å². The third-order valence-corrected chi connectivity index (χ3v) is 4.92. The van der Waals surface area contributed by atoms with Crippen LogP contribution in [0.4, 0.5) is 10.5 Å². The summed E-state index contributed by atoms with van der Waals surface area (Å²) in [5.41, 5.74) is 0.826. The molecule has 1 aliphatic heterocycles. The molecule has 1 heterocycles. The van der Waals surface area contributed by atoms with Crippen molar-refractivity contribution in [2.24, 2.45) is 5.92 Å². The summed E-state index contributed by atoms with van der Waals surface area (Å²) in [4.78, 5) is 27.2. The predicted molar refractivity (Wildman–Crippen MR) is 99.4 cm³/mol. The van der Waals surface area contributed by atoms with E-state index in [2.05, 4.69) is 24.5 Å². The molecule has 0 radical (unpaired) electrons. The largest absolute Gasteiger partial charge is 0.343 e. The fraction of sp³-hybridized carbons (Fsp3) is 0.556. The van der Waals surface area contributed by atoms with Crippen LogP contribution in [0.25, 0.3) is 0 Å². The Hall–Kier alpha value is -1.69. The monoisotopic (exact) mass is 349 g/mol. The minimum atomic E-state index is -0.177. The standard InChI is InChI=1S/C18H27N3O2S/c1-13(2)12-17(22)21-10-8-14(9-11-21)19-18(23)20-15-6-4-5-7-16(15)24-3/h4-7,13-14H,8-12H2,1-3H3,(H2,19,20,23). The molecular weight excluding hydrogens is 322 g/mol. The quantitative estimate of drug-likeness (QED) is 0.799. The maximum atomic E-state index is 12.2. The van der Waals surface area contributed by atoms with Gasteiger partial charge in [-0.15, -0.1) is 11.8 Å². The van der Waals surface area contributed by atoms with E-state index in [0.29, 0.717) is 12.3 Å². The number of nitrogens with one attached hydrogen (secondary N) is 2. The summed E-state index contributed by atoms with van der Waals surface area (Å²) in [5, 5.41) is 5.94. The Morgan fingerprint density at radius 1 is 1.25 bits per heavy atom. The number of carbonyl (C=O) groups is 2. The molecule has 24 heavy (non-hydrogen) atoms. The number of hydrogen-bond acceptors (Lipinski definition) is 3. The summed E-state index contributed by atoms with van der Waals surface area (Å²) in [6.45, 7) is 5.56. The zero-order chi connectivity index (χ0) is 17.5. The second-order valence-corrected chi connectivity index (χ2v) is 7.40. The number of benzene rings is 1. The molecule has 1 aromatic carbocycles. The van der Waals surface area contributed by atoms with Gasteiger partial charge in [-0.3, -0.25) is 4.79 Å². The lowest BCUT2D eigenvalue weighted by molar-refractivity contribution is -0.133. The van der Waals surface area contributed by atoms with Gasteiger partial charge < -0.3 is 15.5 Å². The van der Waals surface area contributed by atoms with Crippen LogP contribution < -0.4 is 10.6 Å². The Bertz CT molecular complexity index is 569. The average molecular weight is 350 g/mol. The van der Waals surface area contributed by atoms with E-state index in [4.69, 9.17) is 0 Å². The Kier molecular flexibility index (Phi) is 6.97. The third kappa shape index (κ3) is 5.44. The summed E-state index contributed by atoms with van der Waals surface area (Å²) >= 11 is 1.61. The maximum Gasteiger partial charge on any atom is 0.319 e. The van der Waals surface area contributed by atoms with Crippen molar-refractivity contribution < 1.29 is 9.59 Å². The van der Waals surface area contributed by atoms with Crippen molar-refractivity contribution in [2.45, 2.75) is 44.0 Å². The number of amides is 3. The Morgan fingerprint density at radius 2 is 1.92 bits per heavy atom. The second-order valence-electron chi connectivity index (χ2n) is 6.55. The number of para-hydroxylation sites is 1. The van der Waals surface area contributed by atoms with Crippen LogP contribution >= 0.6 is 11.8 Å². The van der Waals surface area contributed by atoms with Crippen molar-refractivity contribution in [3.8, 4) is 0 Å². The Morgan fingerprint density at radius 3 is 2.54 bits per heavy atom. The van der Waals surface area contributed by atoms with Gasteiger partial charge >= 0.3 is 6.03 Å². The van der Waals surface area contributed by atoms with E-state index < -0.39 is 0 Å². The van der Waals surface area contributed by atoms with Gasteiger partial charge in [-0.25, -0.2) is 4.79 Å². The average Bonchev–Trinajstić information content (AvgIpc) is 2.55. The summed E-state index contributed by atoms with van der Waals surface area (Å²) in [7, 11) is 0. The first-order valence-electron chi connectivity index (χ1n) is 8.48. The molecule has 0 aromatic heterocycles. The zero-order valence-electron chi connectivity index (χ0n) is 14.7. The fourth-order valence-corrected chi connectivity index (χ4v) is 3.40. The Labute approximate surface area is 148 Å². The number of nitrogens with zero attached hydrogens (tertiary/aromatic N) is 1. The molecule has 0 spiro atoms. The summed E-state index contributed by atoms with van der Waals surface area (Å²) < 4.78 is 0. The molecule has 0 aliphatic carbocycles. The van der Waals surface area contributed by atoms with Crippen LogP contribution in [-0.4, -0.2) is 42.2 Å². The molecule has 3 amide bonds. The van der Waals surface area contributed by atoms with E-state index >= 15 is 0 Å². The van der Waals surface area contributed by atoms with Crippen LogP contribution in [0.2, 0.25) is 0 Å². The molecule has 6 heteroatoms. The van der Waals surface area contributed by atoms with Crippen molar-refractivity contribution in [3.05, 3.63) is 24.3 Å². The molecule has 1 aromatic rings. The minimum absolute atomic E-state index is 0.120. The molecule has 132 valence electrons. The smallest absolute Gasteiger partial charge is 0.319 e. The van der Waals surface area contributed by atoms with Crippen molar-refractivity contribution in [2.75, 3.05) is 24.7 Å². The molecule has 1 fully saturated rings. The van der Waals surface area contributed by atoms with Crippen molar-refractivity contribution in [3.63, 3.8) is 0 Å². The predicted octanol–water partition coefficient (Wildman–Crippen LogP) is 3.57. The number of anilines is 1. The highest BCUT2D eigenvalue weighted by atomic mass is 32.2. The van der Waals surface area contributed by atoms with Gasteiger partial charge in [0.15, 0.2) is 0 Å². The first-order chi connectivity index (χ1) is 11.5. The lowest BCUT2D eigenvalue weighted by Crippen LogP contribution is -2.47. The van der Waals surface area contributed by atoms with E-state index in [9.17, 15) is 9.59 Å². The molecule has 1 aliphatic rings. The molecule has 2 rings (SSSR count). The van der Waals surface area contributed by atoms with E-state index in [0.717, 1.165) is 36.5 Å². The highest BCUT2D eigenvalue weighted by Gasteiger charge is 2.24. The number of piperidine rings is 1. The number of thioether (sulfide) groups is 1. The Balaban J connectivity index is 1.79. The van der Waals surface area contributed by atoms with Crippen molar-refractivity contribution in [1.29, 1.82) is 0 Å². The van der Waals surface area contributed by atoms with E-state index in [1.165, 1.54) is 0 Å². The number of carbonyl (C=O) groups excluding carboxylic acids is 2. The minimum Gasteiger partial charge on any atom is -0.343 e. The normalized spacial score (nSPS) is 15.4. The van der Waals surface area contributed by atoms with Gasteiger partial charge in [0.25, 0.3) is 0 Å². The molecule has 2 N–H and O–H groups in total. The van der Waals surface area contributed by atoms with Gasteiger partial charge in [-0.2, -0.15) is 0 Å². The van der Waals surface area contributed by atoms with Crippen molar-refractivity contribution >= 4 is 29.4 Å². The lowest BCUT2D eigenvalue weighted by Gasteiger charge is -2.32. The highest BCUT2D eigenvalue weighted by Crippen LogP contribution is 2.24. The lowest BCUT2D eigenvalue weighted by atomic mass is 10.0. The van der Waals surface area contributed by atoms with Crippen molar-refractivity contribution in [1.82, 2.24) is 10.2 Å². The number of rotatable bonds is 5. The molecular formula is C18H27N3O2S. The van der Waals surface area contributed by atoms with Gasteiger partial charge in [0, 0.05) is 30.4 Å².